The molecule has 0 spiro atoms. The fourth-order valence-electron chi connectivity index (χ4n) is 1.68. The van der Waals surface area contributed by atoms with E-state index in [1.807, 2.05) is 23.6 Å². The second-order valence-electron chi connectivity index (χ2n) is 3.81. The van der Waals surface area contributed by atoms with Gasteiger partial charge in [0.05, 0.1) is 12.2 Å². The lowest BCUT2D eigenvalue weighted by atomic mass is 10.1. The molecule has 2 N–H and O–H groups in total. The van der Waals surface area contributed by atoms with E-state index >= 15 is 0 Å². The van der Waals surface area contributed by atoms with E-state index in [2.05, 4.69) is 6.07 Å². The van der Waals surface area contributed by atoms with E-state index in [0.29, 0.717) is 18.7 Å². The predicted molar refractivity (Wildman–Crippen MR) is 73.6 cm³/mol. The summed E-state index contributed by atoms with van der Waals surface area (Å²) < 4.78 is 4.99. The molecule has 94 valence electrons. The van der Waals surface area contributed by atoms with Crippen LogP contribution in [-0.2, 0) is 11.3 Å². The lowest BCUT2D eigenvalue weighted by Crippen LogP contribution is -2.04. The number of hydrogen-bond donors (Lipinski definition) is 1. The Bertz CT molecular complexity index is 548. The van der Waals surface area contributed by atoms with E-state index in [1.165, 1.54) is 0 Å². The Morgan fingerprint density at radius 2 is 2.17 bits per heavy atom. The highest BCUT2D eigenvalue weighted by Crippen LogP contribution is 2.26. The van der Waals surface area contributed by atoms with Crippen LogP contribution in [0.1, 0.15) is 22.2 Å². The number of carbonyl (C=O) groups excluding carboxylic acids is 1. The van der Waals surface area contributed by atoms with Crippen molar-refractivity contribution >= 4 is 17.3 Å². The Kier molecular flexibility index (Phi) is 4.12. The Morgan fingerprint density at radius 1 is 1.33 bits per heavy atom. The summed E-state index contributed by atoms with van der Waals surface area (Å²) in [5.41, 5.74) is 8.27. The van der Waals surface area contributed by atoms with Crippen LogP contribution in [0.4, 0.5) is 0 Å². The van der Waals surface area contributed by atoms with Crippen molar-refractivity contribution in [1.29, 1.82) is 0 Å². The van der Waals surface area contributed by atoms with E-state index in [9.17, 15) is 4.79 Å². The molecule has 2 rings (SSSR count). The summed E-state index contributed by atoms with van der Waals surface area (Å²) in [5, 5.41) is 2.05. The zero-order valence-electron chi connectivity index (χ0n) is 10.2. The molecular formula is C14H15NO2S. The lowest BCUT2D eigenvalue weighted by Gasteiger charge is -2.03. The van der Waals surface area contributed by atoms with Crippen molar-refractivity contribution in [1.82, 2.24) is 0 Å². The average molecular weight is 261 g/mol. The first kappa shape index (κ1) is 12.8. The Labute approximate surface area is 110 Å². The fourth-order valence-corrected chi connectivity index (χ4v) is 2.45. The largest absolute Gasteiger partial charge is 0.462 e. The minimum absolute atomic E-state index is 0.284. The van der Waals surface area contributed by atoms with E-state index in [0.717, 1.165) is 16.0 Å². The standard InChI is InChI=1S/C14H15NO2S/c1-2-17-14(16)11-5-3-4-10(6-11)12-7-13(8-15)18-9-12/h3-7,9H,2,8,15H2,1H3. The fraction of sp³-hybridized carbons (Fsp3) is 0.214. The normalized spacial score (nSPS) is 10.3. The van der Waals surface area contributed by atoms with Crippen LogP contribution in [-0.4, -0.2) is 12.6 Å². The molecule has 0 amide bonds. The smallest absolute Gasteiger partial charge is 0.338 e. The molecule has 0 unspecified atom stereocenters. The second kappa shape index (κ2) is 5.80. The van der Waals surface area contributed by atoms with Gasteiger partial charge in [-0.25, -0.2) is 4.79 Å². The maximum Gasteiger partial charge on any atom is 0.338 e. The summed E-state index contributed by atoms with van der Waals surface area (Å²) >= 11 is 1.63. The minimum atomic E-state index is -0.284. The molecule has 0 aliphatic heterocycles. The predicted octanol–water partition coefficient (Wildman–Crippen LogP) is 3.05. The molecule has 0 aliphatic rings. The van der Waals surface area contributed by atoms with Gasteiger partial charge in [-0.15, -0.1) is 11.3 Å². The third-order valence-electron chi connectivity index (χ3n) is 2.56. The first-order chi connectivity index (χ1) is 8.74. The first-order valence-electron chi connectivity index (χ1n) is 5.79. The molecular weight excluding hydrogens is 246 g/mol. The lowest BCUT2D eigenvalue weighted by molar-refractivity contribution is 0.0526. The highest BCUT2D eigenvalue weighted by Gasteiger charge is 2.08. The Hall–Kier alpha value is -1.65. The maximum atomic E-state index is 11.6. The maximum absolute atomic E-state index is 11.6. The van der Waals surface area contributed by atoms with Crippen LogP contribution in [0.3, 0.4) is 0 Å². The van der Waals surface area contributed by atoms with Crippen molar-refractivity contribution in [3.8, 4) is 11.1 Å². The minimum Gasteiger partial charge on any atom is -0.462 e. The third kappa shape index (κ3) is 2.78. The van der Waals surface area contributed by atoms with Crippen LogP contribution in [0.5, 0.6) is 0 Å². The van der Waals surface area contributed by atoms with Gasteiger partial charge in [-0.2, -0.15) is 0 Å². The zero-order valence-corrected chi connectivity index (χ0v) is 11.0. The van der Waals surface area contributed by atoms with Crippen LogP contribution >= 0.6 is 11.3 Å². The van der Waals surface area contributed by atoms with Gasteiger partial charge in [0.25, 0.3) is 0 Å². The van der Waals surface area contributed by atoms with Gasteiger partial charge in [-0.05, 0) is 41.6 Å². The van der Waals surface area contributed by atoms with Crippen molar-refractivity contribution in [3.05, 3.63) is 46.2 Å². The summed E-state index contributed by atoms with van der Waals surface area (Å²) in [7, 11) is 0. The molecule has 0 fully saturated rings. The zero-order chi connectivity index (χ0) is 13.0. The third-order valence-corrected chi connectivity index (χ3v) is 3.52. The molecule has 1 aromatic carbocycles. The molecule has 2 aromatic rings. The SMILES string of the molecule is CCOC(=O)c1cccc(-c2csc(CN)c2)c1. The number of nitrogens with two attached hydrogens (primary N) is 1. The number of carbonyl (C=O) groups is 1. The molecule has 1 heterocycles. The highest BCUT2D eigenvalue weighted by atomic mass is 32.1. The summed E-state index contributed by atoms with van der Waals surface area (Å²) in [5.74, 6) is -0.284. The van der Waals surface area contributed by atoms with Gasteiger partial charge in [0.2, 0.25) is 0 Å². The number of rotatable bonds is 4. The van der Waals surface area contributed by atoms with Crippen molar-refractivity contribution < 1.29 is 9.53 Å². The van der Waals surface area contributed by atoms with Gasteiger partial charge < -0.3 is 10.5 Å². The highest BCUT2D eigenvalue weighted by molar-refractivity contribution is 7.10. The summed E-state index contributed by atoms with van der Waals surface area (Å²) in [6, 6.07) is 9.50. The number of thiophene rings is 1. The first-order valence-corrected chi connectivity index (χ1v) is 6.67. The molecule has 0 saturated heterocycles. The van der Waals surface area contributed by atoms with Crippen molar-refractivity contribution in [2.24, 2.45) is 5.73 Å². The molecule has 3 nitrogen and oxygen atoms in total. The summed E-state index contributed by atoms with van der Waals surface area (Å²) in [4.78, 5) is 12.8. The van der Waals surface area contributed by atoms with Crippen molar-refractivity contribution in [2.75, 3.05) is 6.61 Å². The topological polar surface area (TPSA) is 52.3 Å². The van der Waals surface area contributed by atoms with Crippen LogP contribution in [0.15, 0.2) is 35.7 Å². The quantitative estimate of drug-likeness (QED) is 0.861. The monoisotopic (exact) mass is 261 g/mol. The van der Waals surface area contributed by atoms with Crippen molar-refractivity contribution in [3.63, 3.8) is 0 Å². The van der Waals surface area contributed by atoms with Gasteiger partial charge in [-0.3, -0.25) is 0 Å². The molecule has 0 aliphatic carbocycles. The number of hydrogen-bond acceptors (Lipinski definition) is 4. The van der Waals surface area contributed by atoms with Crippen LogP contribution in [0, 0.1) is 0 Å². The molecule has 0 bridgehead atoms. The van der Waals surface area contributed by atoms with Gasteiger partial charge in [0, 0.05) is 11.4 Å². The molecule has 0 saturated carbocycles. The van der Waals surface area contributed by atoms with Gasteiger partial charge >= 0.3 is 5.97 Å². The molecule has 4 heteroatoms. The second-order valence-corrected chi connectivity index (χ2v) is 4.80. The van der Waals surface area contributed by atoms with E-state index in [1.54, 1.807) is 24.3 Å². The summed E-state index contributed by atoms with van der Waals surface area (Å²) in [6.07, 6.45) is 0. The van der Waals surface area contributed by atoms with E-state index < -0.39 is 0 Å². The number of benzene rings is 1. The average Bonchev–Trinajstić information content (AvgIpc) is 2.88. The Morgan fingerprint density at radius 3 is 2.83 bits per heavy atom. The molecule has 0 atom stereocenters. The van der Waals surface area contributed by atoms with Crippen LogP contribution in [0.2, 0.25) is 0 Å². The molecule has 18 heavy (non-hydrogen) atoms. The van der Waals surface area contributed by atoms with Crippen LogP contribution in [0.25, 0.3) is 11.1 Å². The van der Waals surface area contributed by atoms with Gasteiger partial charge in [-0.1, -0.05) is 12.1 Å². The van der Waals surface area contributed by atoms with E-state index in [-0.39, 0.29) is 5.97 Å². The van der Waals surface area contributed by atoms with Gasteiger partial charge in [0.1, 0.15) is 0 Å². The number of esters is 1. The van der Waals surface area contributed by atoms with E-state index in [4.69, 9.17) is 10.5 Å². The van der Waals surface area contributed by atoms with Crippen LogP contribution < -0.4 is 5.73 Å². The Balaban J connectivity index is 2.29. The molecule has 0 radical (unpaired) electrons. The van der Waals surface area contributed by atoms with Gasteiger partial charge in [0.15, 0.2) is 0 Å². The number of ether oxygens (including phenoxy) is 1. The summed E-state index contributed by atoms with van der Waals surface area (Å²) in [6.45, 7) is 2.73. The molecule has 1 aromatic heterocycles. The van der Waals surface area contributed by atoms with Crippen molar-refractivity contribution in [2.45, 2.75) is 13.5 Å².